The van der Waals surface area contributed by atoms with E-state index in [0.29, 0.717) is 32.4 Å². The van der Waals surface area contributed by atoms with Crippen molar-refractivity contribution in [1.29, 1.82) is 0 Å². The van der Waals surface area contributed by atoms with Crippen LogP contribution >= 0.6 is 0 Å². The Labute approximate surface area is 113 Å². The second-order valence-corrected chi connectivity index (χ2v) is 5.03. The minimum Gasteiger partial charge on any atom is -0.481 e. The van der Waals surface area contributed by atoms with Gasteiger partial charge in [-0.3, -0.25) is 9.59 Å². The largest absolute Gasteiger partial charge is 0.481 e. The predicted octanol–water partition coefficient (Wildman–Crippen LogP) is 0.753. The van der Waals surface area contributed by atoms with Gasteiger partial charge in [0.2, 0.25) is 5.91 Å². The van der Waals surface area contributed by atoms with Crippen molar-refractivity contribution in [3.8, 4) is 0 Å². The van der Waals surface area contributed by atoms with Crippen molar-refractivity contribution < 1.29 is 24.2 Å². The Morgan fingerprint density at radius 2 is 2.05 bits per heavy atom. The van der Waals surface area contributed by atoms with Gasteiger partial charge in [-0.05, 0) is 25.7 Å². The van der Waals surface area contributed by atoms with E-state index in [0.717, 1.165) is 6.42 Å². The molecule has 0 aromatic carbocycles. The van der Waals surface area contributed by atoms with Gasteiger partial charge in [0, 0.05) is 33.9 Å². The van der Waals surface area contributed by atoms with E-state index in [4.69, 9.17) is 9.47 Å². The molecule has 110 valence electrons. The lowest BCUT2D eigenvalue weighted by Crippen LogP contribution is -2.50. The number of nitrogens with zero attached hydrogens (tertiary/aromatic N) is 1. The molecule has 0 aromatic heterocycles. The number of likely N-dealkylation sites (tertiary alicyclic amines) is 1. The summed E-state index contributed by atoms with van der Waals surface area (Å²) in [5, 5.41) is 9.51. The molecule has 0 aromatic rings. The first-order valence-electron chi connectivity index (χ1n) is 6.55. The van der Waals surface area contributed by atoms with Crippen molar-refractivity contribution in [3.63, 3.8) is 0 Å². The van der Waals surface area contributed by atoms with Crippen molar-refractivity contribution in [2.75, 3.05) is 40.5 Å². The Bertz CT molecular complexity index is 320. The highest BCUT2D eigenvalue weighted by atomic mass is 16.5. The van der Waals surface area contributed by atoms with Crippen molar-refractivity contribution in [3.05, 3.63) is 0 Å². The van der Waals surface area contributed by atoms with Crippen LogP contribution in [0.15, 0.2) is 0 Å². The van der Waals surface area contributed by atoms with Crippen LogP contribution in [0.4, 0.5) is 0 Å². The predicted molar refractivity (Wildman–Crippen MR) is 68.9 cm³/mol. The van der Waals surface area contributed by atoms with Crippen molar-refractivity contribution in [2.24, 2.45) is 5.41 Å². The quantitative estimate of drug-likeness (QED) is 0.693. The van der Waals surface area contributed by atoms with E-state index in [1.807, 2.05) is 0 Å². The van der Waals surface area contributed by atoms with Crippen LogP contribution in [0, 0.1) is 5.41 Å². The number of hydrogen-bond donors (Lipinski definition) is 1. The highest BCUT2D eigenvalue weighted by Crippen LogP contribution is 2.35. The molecule has 6 nitrogen and oxygen atoms in total. The maximum atomic E-state index is 11.8. The lowest BCUT2D eigenvalue weighted by atomic mass is 9.76. The number of piperidine rings is 1. The van der Waals surface area contributed by atoms with Crippen LogP contribution in [0.25, 0.3) is 0 Å². The average Bonchev–Trinajstić information content (AvgIpc) is 2.39. The molecule has 1 heterocycles. The highest BCUT2D eigenvalue weighted by molar-refractivity contribution is 5.80. The fourth-order valence-corrected chi connectivity index (χ4v) is 2.60. The van der Waals surface area contributed by atoms with Gasteiger partial charge in [-0.1, -0.05) is 0 Å². The lowest BCUT2D eigenvalue weighted by molar-refractivity contribution is -0.156. The van der Waals surface area contributed by atoms with Crippen molar-refractivity contribution >= 4 is 11.9 Å². The first-order valence-corrected chi connectivity index (χ1v) is 6.55. The summed E-state index contributed by atoms with van der Waals surface area (Å²) in [5.74, 6) is -0.960. The molecule has 0 bridgehead atoms. The average molecular weight is 273 g/mol. The number of carbonyl (C=O) groups excluding carboxylic acids is 1. The minimum atomic E-state index is -0.833. The van der Waals surface area contributed by atoms with Gasteiger partial charge < -0.3 is 19.5 Å². The molecule has 6 heteroatoms. The third-order valence-electron chi connectivity index (χ3n) is 3.65. The minimum absolute atomic E-state index is 0.00771. The molecule has 0 radical (unpaired) electrons. The van der Waals surface area contributed by atoms with Gasteiger partial charge in [-0.2, -0.15) is 0 Å². The van der Waals surface area contributed by atoms with Crippen LogP contribution in [-0.2, 0) is 19.1 Å². The Hall–Kier alpha value is -1.14. The number of ether oxygens (including phenoxy) is 2. The third-order valence-corrected chi connectivity index (χ3v) is 3.65. The Morgan fingerprint density at radius 1 is 1.32 bits per heavy atom. The van der Waals surface area contributed by atoms with Crippen LogP contribution in [0.2, 0.25) is 0 Å². The van der Waals surface area contributed by atoms with Crippen molar-refractivity contribution in [2.45, 2.75) is 25.7 Å². The molecule has 0 saturated carbocycles. The van der Waals surface area contributed by atoms with E-state index in [9.17, 15) is 14.7 Å². The molecule has 1 aliphatic heterocycles. The SMILES string of the molecule is COCCCC1(C(=O)O)CCCN(C(=O)COC)C1. The molecule has 1 unspecified atom stereocenters. The van der Waals surface area contributed by atoms with E-state index in [1.54, 1.807) is 12.0 Å². The molecular formula is C13H23NO5. The maximum absolute atomic E-state index is 11.8. The summed E-state index contributed by atoms with van der Waals surface area (Å²) >= 11 is 0. The zero-order chi connectivity index (χ0) is 14.3. The van der Waals surface area contributed by atoms with Gasteiger partial charge in [0.15, 0.2) is 0 Å². The number of carboxylic acids is 1. The van der Waals surface area contributed by atoms with E-state index in [2.05, 4.69) is 0 Å². The molecule has 1 amide bonds. The summed E-state index contributed by atoms with van der Waals surface area (Å²) in [6.07, 6.45) is 2.56. The number of carboxylic acid groups (broad SMARTS) is 1. The Kier molecular flexibility index (Phi) is 6.24. The maximum Gasteiger partial charge on any atom is 0.311 e. The van der Waals surface area contributed by atoms with Gasteiger partial charge in [0.05, 0.1) is 5.41 Å². The first kappa shape index (κ1) is 15.9. The standard InChI is InChI=1S/C13H23NO5/c1-18-8-4-6-13(12(16)17)5-3-7-14(10-13)11(15)9-19-2/h3-10H2,1-2H3,(H,16,17). The molecular weight excluding hydrogens is 250 g/mol. The molecule has 0 spiro atoms. The molecule has 0 aliphatic carbocycles. The molecule has 1 N–H and O–H groups in total. The van der Waals surface area contributed by atoms with Gasteiger partial charge in [-0.15, -0.1) is 0 Å². The Balaban J connectivity index is 2.69. The number of methoxy groups -OCH3 is 2. The number of rotatable bonds is 7. The van der Waals surface area contributed by atoms with E-state index in [1.165, 1.54) is 7.11 Å². The van der Waals surface area contributed by atoms with Crippen LogP contribution in [-0.4, -0.2) is 62.4 Å². The molecule has 1 saturated heterocycles. The van der Waals surface area contributed by atoms with Gasteiger partial charge in [-0.25, -0.2) is 0 Å². The summed E-state index contributed by atoms with van der Waals surface area (Å²) in [5.41, 5.74) is -0.833. The van der Waals surface area contributed by atoms with Gasteiger partial charge >= 0.3 is 5.97 Å². The molecule has 1 rings (SSSR count). The zero-order valence-electron chi connectivity index (χ0n) is 11.7. The molecule has 1 atom stereocenters. The number of aliphatic carboxylic acids is 1. The fraction of sp³-hybridized carbons (Fsp3) is 0.846. The fourth-order valence-electron chi connectivity index (χ4n) is 2.60. The summed E-state index contributed by atoms with van der Waals surface area (Å²) in [4.78, 5) is 25.0. The first-order chi connectivity index (χ1) is 9.05. The van der Waals surface area contributed by atoms with Crippen LogP contribution in [0.5, 0.6) is 0 Å². The highest BCUT2D eigenvalue weighted by Gasteiger charge is 2.42. The molecule has 1 fully saturated rings. The van der Waals surface area contributed by atoms with Crippen LogP contribution in [0.3, 0.4) is 0 Å². The van der Waals surface area contributed by atoms with Crippen LogP contribution < -0.4 is 0 Å². The summed E-state index contributed by atoms with van der Waals surface area (Å²) in [6.45, 7) is 1.44. The summed E-state index contributed by atoms with van der Waals surface area (Å²) < 4.78 is 9.80. The third kappa shape index (κ3) is 4.18. The number of hydrogen-bond acceptors (Lipinski definition) is 4. The number of amides is 1. The van der Waals surface area contributed by atoms with E-state index < -0.39 is 11.4 Å². The normalized spacial score (nSPS) is 23.4. The molecule has 1 aliphatic rings. The lowest BCUT2D eigenvalue weighted by Gasteiger charge is -2.40. The summed E-state index contributed by atoms with van der Waals surface area (Å²) in [7, 11) is 3.06. The second-order valence-electron chi connectivity index (χ2n) is 5.03. The molecule has 19 heavy (non-hydrogen) atoms. The zero-order valence-corrected chi connectivity index (χ0v) is 11.7. The van der Waals surface area contributed by atoms with E-state index >= 15 is 0 Å². The summed E-state index contributed by atoms with van der Waals surface area (Å²) in [6, 6.07) is 0. The smallest absolute Gasteiger partial charge is 0.311 e. The monoisotopic (exact) mass is 273 g/mol. The van der Waals surface area contributed by atoms with Crippen molar-refractivity contribution in [1.82, 2.24) is 4.90 Å². The van der Waals surface area contributed by atoms with Gasteiger partial charge in [0.1, 0.15) is 6.61 Å². The van der Waals surface area contributed by atoms with Gasteiger partial charge in [0.25, 0.3) is 0 Å². The second kappa shape index (κ2) is 7.45. The number of carbonyl (C=O) groups is 2. The Morgan fingerprint density at radius 3 is 2.63 bits per heavy atom. The topological polar surface area (TPSA) is 76.1 Å². The van der Waals surface area contributed by atoms with Crippen LogP contribution in [0.1, 0.15) is 25.7 Å². The van der Waals surface area contributed by atoms with E-state index in [-0.39, 0.29) is 19.1 Å².